The number of nitrogens with zero attached hydrogens (tertiary/aromatic N) is 1. The van der Waals surface area contributed by atoms with Crippen molar-refractivity contribution in [3.05, 3.63) is 71.0 Å². The minimum absolute atomic E-state index is 0.323. The van der Waals surface area contributed by atoms with Crippen molar-refractivity contribution in [2.24, 2.45) is 0 Å². The highest BCUT2D eigenvalue weighted by Gasteiger charge is 2.36. The monoisotopic (exact) mass is 362 g/mol. The van der Waals surface area contributed by atoms with Gasteiger partial charge in [-0.15, -0.1) is 0 Å². The molecule has 1 aliphatic rings. The van der Waals surface area contributed by atoms with Crippen LogP contribution in [0.2, 0.25) is 0 Å². The van der Waals surface area contributed by atoms with Crippen molar-refractivity contribution in [2.45, 2.75) is 19.9 Å². The predicted molar refractivity (Wildman–Crippen MR) is 99.3 cm³/mol. The number of furan rings is 1. The number of carbonyl (C=O) groups excluding carboxylic acids is 3. The summed E-state index contributed by atoms with van der Waals surface area (Å²) < 4.78 is 5.74. The normalized spacial score (nSPS) is 14.5. The van der Waals surface area contributed by atoms with Gasteiger partial charge in [0, 0.05) is 5.39 Å². The third-order valence-corrected chi connectivity index (χ3v) is 4.68. The number of rotatable bonds is 4. The van der Waals surface area contributed by atoms with E-state index < -0.39 is 17.7 Å². The van der Waals surface area contributed by atoms with E-state index in [1.165, 1.54) is 0 Å². The Morgan fingerprint density at radius 2 is 1.81 bits per heavy atom. The van der Waals surface area contributed by atoms with Crippen molar-refractivity contribution in [3.8, 4) is 0 Å². The molecule has 6 heteroatoms. The largest absolute Gasteiger partial charge is 0.459 e. The Kier molecular flexibility index (Phi) is 4.03. The zero-order chi connectivity index (χ0) is 19.1. The Bertz CT molecular complexity index is 1050. The van der Waals surface area contributed by atoms with Crippen molar-refractivity contribution in [1.82, 2.24) is 10.2 Å². The molecule has 0 spiro atoms. The molecule has 0 fully saturated rings. The van der Waals surface area contributed by atoms with Gasteiger partial charge < -0.3 is 9.73 Å². The number of amides is 3. The summed E-state index contributed by atoms with van der Waals surface area (Å²) in [6, 6.07) is 14.1. The summed E-state index contributed by atoms with van der Waals surface area (Å²) >= 11 is 0. The maximum atomic E-state index is 12.5. The fourth-order valence-electron chi connectivity index (χ4n) is 3.27. The SMILES string of the molecule is Cc1ccc2c(c1)C(=O)N(CC(=O)NC(C)c1cc3ccccc3o1)C2=O. The van der Waals surface area contributed by atoms with Gasteiger partial charge in [-0.2, -0.15) is 0 Å². The van der Waals surface area contributed by atoms with Crippen molar-refractivity contribution < 1.29 is 18.8 Å². The first kappa shape index (κ1) is 17.0. The molecule has 1 atom stereocenters. The van der Waals surface area contributed by atoms with Crippen LogP contribution >= 0.6 is 0 Å². The number of para-hydroxylation sites is 1. The second-order valence-corrected chi connectivity index (χ2v) is 6.72. The van der Waals surface area contributed by atoms with E-state index in [0.29, 0.717) is 16.9 Å². The van der Waals surface area contributed by atoms with Crippen LogP contribution in [0.4, 0.5) is 0 Å². The molecule has 1 unspecified atom stereocenters. The molecule has 0 saturated carbocycles. The molecular weight excluding hydrogens is 344 g/mol. The molecule has 0 saturated heterocycles. The maximum absolute atomic E-state index is 12.5. The zero-order valence-electron chi connectivity index (χ0n) is 15.0. The molecule has 4 rings (SSSR count). The second kappa shape index (κ2) is 6.39. The average molecular weight is 362 g/mol. The van der Waals surface area contributed by atoms with E-state index in [2.05, 4.69) is 5.32 Å². The lowest BCUT2D eigenvalue weighted by Gasteiger charge is -2.16. The highest BCUT2D eigenvalue weighted by atomic mass is 16.3. The molecule has 3 aromatic rings. The van der Waals surface area contributed by atoms with Gasteiger partial charge in [-0.05, 0) is 38.1 Å². The number of hydrogen-bond donors (Lipinski definition) is 1. The molecule has 0 bridgehead atoms. The summed E-state index contributed by atoms with van der Waals surface area (Å²) in [6.07, 6.45) is 0. The molecule has 2 aromatic carbocycles. The minimum Gasteiger partial charge on any atom is -0.459 e. The molecule has 3 amide bonds. The summed E-state index contributed by atoms with van der Waals surface area (Å²) in [7, 11) is 0. The molecule has 0 aliphatic carbocycles. The Balaban J connectivity index is 1.46. The lowest BCUT2D eigenvalue weighted by atomic mass is 10.1. The zero-order valence-corrected chi connectivity index (χ0v) is 15.0. The van der Waals surface area contributed by atoms with Gasteiger partial charge in [0.05, 0.1) is 17.2 Å². The number of carbonyl (C=O) groups is 3. The standard InChI is InChI=1S/C21H18N2O4/c1-12-7-8-15-16(9-12)21(26)23(20(15)25)11-19(24)22-13(2)18-10-14-5-3-4-6-17(14)27-18/h3-10,13H,11H2,1-2H3,(H,22,24). The molecule has 27 heavy (non-hydrogen) atoms. The highest BCUT2D eigenvalue weighted by molar-refractivity contribution is 6.22. The summed E-state index contributed by atoms with van der Waals surface area (Å²) in [5, 5.41) is 3.73. The topological polar surface area (TPSA) is 79.6 Å². The Morgan fingerprint density at radius 1 is 1.07 bits per heavy atom. The highest BCUT2D eigenvalue weighted by Crippen LogP contribution is 2.25. The fourth-order valence-corrected chi connectivity index (χ4v) is 3.27. The minimum atomic E-state index is -0.443. The quantitative estimate of drug-likeness (QED) is 0.723. The van der Waals surface area contributed by atoms with Crippen molar-refractivity contribution in [3.63, 3.8) is 0 Å². The average Bonchev–Trinajstić information content (AvgIpc) is 3.17. The second-order valence-electron chi connectivity index (χ2n) is 6.72. The number of benzene rings is 2. The number of hydrogen-bond acceptors (Lipinski definition) is 4. The molecule has 1 N–H and O–H groups in total. The molecule has 136 valence electrons. The number of fused-ring (bicyclic) bond motifs is 2. The first-order chi connectivity index (χ1) is 12.9. The van der Waals surface area contributed by atoms with Crippen LogP contribution in [0.1, 0.15) is 45.0 Å². The fraction of sp³-hybridized carbons (Fsp3) is 0.190. The Hall–Kier alpha value is -3.41. The van der Waals surface area contributed by atoms with Crippen LogP contribution < -0.4 is 5.32 Å². The molecule has 0 radical (unpaired) electrons. The number of imide groups is 1. The Morgan fingerprint density at radius 3 is 2.59 bits per heavy atom. The van der Waals surface area contributed by atoms with Gasteiger partial charge in [-0.3, -0.25) is 19.3 Å². The smallest absolute Gasteiger partial charge is 0.262 e. The van der Waals surface area contributed by atoms with Crippen molar-refractivity contribution in [1.29, 1.82) is 0 Å². The van der Waals surface area contributed by atoms with Crippen LogP contribution in [0.5, 0.6) is 0 Å². The molecule has 1 aromatic heterocycles. The predicted octanol–water partition coefficient (Wildman–Crippen LogP) is 3.21. The van der Waals surface area contributed by atoms with E-state index in [1.807, 2.05) is 37.3 Å². The molecule has 2 heterocycles. The van der Waals surface area contributed by atoms with Gasteiger partial charge in [0.15, 0.2) is 0 Å². The van der Waals surface area contributed by atoms with Gasteiger partial charge in [0.25, 0.3) is 11.8 Å². The van der Waals surface area contributed by atoms with E-state index in [-0.39, 0.29) is 12.6 Å². The summed E-state index contributed by atoms with van der Waals surface area (Å²) in [6.45, 7) is 3.32. The van der Waals surface area contributed by atoms with E-state index >= 15 is 0 Å². The van der Waals surface area contributed by atoms with E-state index in [0.717, 1.165) is 21.4 Å². The van der Waals surface area contributed by atoms with E-state index in [9.17, 15) is 14.4 Å². The maximum Gasteiger partial charge on any atom is 0.262 e. The van der Waals surface area contributed by atoms with E-state index in [4.69, 9.17) is 4.42 Å². The van der Waals surface area contributed by atoms with Gasteiger partial charge in [0.1, 0.15) is 17.9 Å². The molecule has 1 aliphatic heterocycles. The Labute approximate surface area is 155 Å². The van der Waals surface area contributed by atoms with Crippen LogP contribution in [-0.4, -0.2) is 29.2 Å². The van der Waals surface area contributed by atoms with Crippen LogP contribution in [0, 0.1) is 6.92 Å². The lowest BCUT2D eigenvalue weighted by molar-refractivity contribution is -0.122. The number of nitrogens with one attached hydrogen (secondary N) is 1. The molecule has 6 nitrogen and oxygen atoms in total. The first-order valence-corrected chi connectivity index (χ1v) is 8.69. The summed E-state index contributed by atoms with van der Waals surface area (Å²) in [5.41, 5.74) is 2.31. The first-order valence-electron chi connectivity index (χ1n) is 8.69. The van der Waals surface area contributed by atoms with Gasteiger partial charge in [-0.1, -0.05) is 29.8 Å². The van der Waals surface area contributed by atoms with Crippen molar-refractivity contribution >= 4 is 28.7 Å². The third kappa shape index (κ3) is 2.99. The third-order valence-electron chi connectivity index (χ3n) is 4.68. The van der Waals surface area contributed by atoms with Crippen LogP contribution in [-0.2, 0) is 4.79 Å². The van der Waals surface area contributed by atoms with Crippen molar-refractivity contribution in [2.75, 3.05) is 6.54 Å². The van der Waals surface area contributed by atoms with Gasteiger partial charge in [-0.25, -0.2) is 0 Å². The van der Waals surface area contributed by atoms with E-state index in [1.54, 1.807) is 25.1 Å². The molecular formula is C21H18N2O4. The van der Waals surface area contributed by atoms with Crippen LogP contribution in [0.25, 0.3) is 11.0 Å². The lowest BCUT2D eigenvalue weighted by Crippen LogP contribution is -2.41. The van der Waals surface area contributed by atoms with Gasteiger partial charge in [0.2, 0.25) is 5.91 Å². The van der Waals surface area contributed by atoms with Crippen LogP contribution in [0.3, 0.4) is 0 Å². The summed E-state index contributed by atoms with van der Waals surface area (Å²) in [4.78, 5) is 38.3. The van der Waals surface area contributed by atoms with Crippen LogP contribution in [0.15, 0.2) is 52.9 Å². The number of aryl methyl sites for hydroxylation is 1. The van der Waals surface area contributed by atoms with Gasteiger partial charge >= 0.3 is 0 Å². The summed E-state index contributed by atoms with van der Waals surface area (Å²) in [5.74, 6) is -0.691.